The van der Waals surface area contributed by atoms with E-state index < -0.39 is 6.10 Å². The fraction of sp³-hybridized carbons (Fsp3) is 0.500. The van der Waals surface area contributed by atoms with E-state index in [1.165, 1.54) is 0 Å². The Morgan fingerprint density at radius 2 is 2.42 bits per heavy atom. The number of hydrogen-bond acceptors (Lipinski definition) is 4. The van der Waals surface area contributed by atoms with Crippen molar-refractivity contribution in [1.29, 1.82) is 0 Å². The highest BCUT2D eigenvalue weighted by molar-refractivity contribution is 5.82. The van der Waals surface area contributed by atoms with Crippen LogP contribution in [0.2, 0.25) is 0 Å². The Morgan fingerprint density at radius 1 is 1.58 bits per heavy atom. The van der Waals surface area contributed by atoms with Crippen LogP contribution in [0.3, 0.4) is 0 Å². The van der Waals surface area contributed by atoms with E-state index in [9.17, 15) is 9.90 Å². The normalized spacial score (nSPS) is 22.2. The molecule has 1 aliphatic heterocycles. The first-order valence-corrected chi connectivity index (χ1v) is 6.51. The Hall–Kier alpha value is -1.59. The molecule has 0 aliphatic carbocycles. The van der Waals surface area contributed by atoms with Gasteiger partial charge in [-0.1, -0.05) is 12.1 Å². The van der Waals surface area contributed by atoms with E-state index in [1.54, 1.807) is 7.11 Å². The van der Waals surface area contributed by atoms with E-state index in [0.29, 0.717) is 19.5 Å². The predicted molar refractivity (Wildman–Crippen MR) is 72.1 cm³/mol. The minimum Gasteiger partial charge on any atom is -0.497 e. The van der Waals surface area contributed by atoms with E-state index in [2.05, 4.69) is 10.6 Å². The maximum Gasteiger partial charge on any atom is 0.237 e. The summed E-state index contributed by atoms with van der Waals surface area (Å²) in [4.78, 5) is 11.8. The summed E-state index contributed by atoms with van der Waals surface area (Å²) < 4.78 is 5.15. The number of carbonyl (C=O) groups is 1. The SMILES string of the molecule is COc1cccc(CCNC(=O)[C@H]2C[C@@H](O)CN2)c1. The summed E-state index contributed by atoms with van der Waals surface area (Å²) in [7, 11) is 1.64. The van der Waals surface area contributed by atoms with Gasteiger partial charge in [-0.25, -0.2) is 0 Å². The topological polar surface area (TPSA) is 70.6 Å². The Morgan fingerprint density at radius 3 is 3.11 bits per heavy atom. The second-order valence-corrected chi connectivity index (χ2v) is 4.74. The van der Waals surface area contributed by atoms with Gasteiger partial charge in [-0.3, -0.25) is 4.79 Å². The molecule has 0 radical (unpaired) electrons. The molecule has 3 N–H and O–H groups in total. The van der Waals surface area contributed by atoms with Gasteiger partial charge in [0.2, 0.25) is 5.91 Å². The van der Waals surface area contributed by atoms with E-state index in [4.69, 9.17) is 4.74 Å². The second kappa shape index (κ2) is 6.54. The third-order valence-electron chi connectivity index (χ3n) is 3.27. The summed E-state index contributed by atoms with van der Waals surface area (Å²) >= 11 is 0. The third-order valence-corrected chi connectivity index (χ3v) is 3.27. The molecule has 0 saturated carbocycles. The first-order valence-electron chi connectivity index (χ1n) is 6.51. The van der Waals surface area contributed by atoms with E-state index in [1.807, 2.05) is 24.3 Å². The van der Waals surface area contributed by atoms with Gasteiger partial charge in [0.15, 0.2) is 0 Å². The van der Waals surface area contributed by atoms with Crippen LogP contribution >= 0.6 is 0 Å². The smallest absolute Gasteiger partial charge is 0.237 e. The van der Waals surface area contributed by atoms with Crippen molar-refractivity contribution in [2.75, 3.05) is 20.2 Å². The van der Waals surface area contributed by atoms with Crippen LogP contribution in [0.5, 0.6) is 5.75 Å². The molecule has 1 aromatic rings. The zero-order valence-corrected chi connectivity index (χ0v) is 11.1. The molecule has 5 heteroatoms. The molecule has 1 saturated heterocycles. The lowest BCUT2D eigenvalue weighted by atomic mass is 10.1. The molecular formula is C14H20N2O3. The van der Waals surface area contributed by atoms with Crippen molar-refractivity contribution in [3.05, 3.63) is 29.8 Å². The van der Waals surface area contributed by atoms with Gasteiger partial charge < -0.3 is 20.5 Å². The third kappa shape index (κ3) is 3.94. The zero-order chi connectivity index (χ0) is 13.7. The van der Waals surface area contributed by atoms with Crippen molar-refractivity contribution < 1.29 is 14.6 Å². The largest absolute Gasteiger partial charge is 0.497 e. The molecular weight excluding hydrogens is 244 g/mol. The number of aliphatic hydroxyl groups is 1. The quantitative estimate of drug-likeness (QED) is 0.704. The van der Waals surface area contributed by atoms with Crippen molar-refractivity contribution >= 4 is 5.91 Å². The molecule has 0 aromatic heterocycles. The highest BCUT2D eigenvalue weighted by atomic mass is 16.5. The van der Waals surface area contributed by atoms with Crippen LogP contribution in [0.15, 0.2) is 24.3 Å². The molecule has 19 heavy (non-hydrogen) atoms. The molecule has 1 amide bonds. The van der Waals surface area contributed by atoms with Gasteiger partial charge >= 0.3 is 0 Å². The van der Waals surface area contributed by atoms with Crippen LogP contribution in [0, 0.1) is 0 Å². The number of nitrogens with one attached hydrogen (secondary N) is 2. The first kappa shape index (κ1) is 13.8. The average Bonchev–Trinajstić information content (AvgIpc) is 2.86. The van der Waals surface area contributed by atoms with E-state index in [0.717, 1.165) is 17.7 Å². The number of ether oxygens (including phenoxy) is 1. The molecule has 1 fully saturated rings. The maximum atomic E-state index is 11.8. The Bertz CT molecular complexity index is 436. The van der Waals surface area contributed by atoms with Crippen LogP contribution < -0.4 is 15.4 Å². The number of amides is 1. The summed E-state index contributed by atoms with van der Waals surface area (Å²) in [6.45, 7) is 1.08. The lowest BCUT2D eigenvalue weighted by Gasteiger charge is -2.11. The fourth-order valence-corrected chi connectivity index (χ4v) is 2.20. The van der Waals surface area contributed by atoms with Crippen molar-refractivity contribution in [3.8, 4) is 5.75 Å². The summed E-state index contributed by atoms with van der Waals surface area (Å²) in [6.07, 6.45) is 0.845. The zero-order valence-electron chi connectivity index (χ0n) is 11.1. The number of hydrogen-bond donors (Lipinski definition) is 3. The summed E-state index contributed by atoms with van der Waals surface area (Å²) in [5.41, 5.74) is 1.12. The van der Waals surface area contributed by atoms with Gasteiger partial charge in [-0.15, -0.1) is 0 Å². The van der Waals surface area contributed by atoms with Crippen LogP contribution in [0.1, 0.15) is 12.0 Å². The summed E-state index contributed by atoms with van der Waals surface area (Å²) in [5.74, 6) is 0.781. The lowest BCUT2D eigenvalue weighted by molar-refractivity contribution is -0.122. The molecule has 2 rings (SSSR count). The van der Waals surface area contributed by atoms with Crippen molar-refractivity contribution in [3.63, 3.8) is 0 Å². The van der Waals surface area contributed by atoms with Gasteiger partial charge in [0.05, 0.1) is 19.3 Å². The molecule has 0 spiro atoms. The predicted octanol–water partition coefficient (Wildman–Crippen LogP) is 0.0767. The molecule has 0 bridgehead atoms. The van der Waals surface area contributed by atoms with Gasteiger partial charge in [0.1, 0.15) is 5.75 Å². The molecule has 1 aromatic carbocycles. The monoisotopic (exact) mass is 264 g/mol. The number of methoxy groups -OCH3 is 1. The van der Waals surface area contributed by atoms with Crippen LogP contribution in [0.4, 0.5) is 0 Å². The molecule has 1 heterocycles. The van der Waals surface area contributed by atoms with Gasteiger partial charge in [-0.05, 0) is 30.5 Å². The summed E-state index contributed by atoms with van der Waals surface area (Å²) in [6, 6.07) is 7.53. The Balaban J connectivity index is 1.75. The first-order chi connectivity index (χ1) is 9.19. The second-order valence-electron chi connectivity index (χ2n) is 4.74. The highest BCUT2D eigenvalue weighted by Gasteiger charge is 2.27. The average molecular weight is 264 g/mol. The number of carbonyl (C=O) groups excluding carboxylic acids is 1. The lowest BCUT2D eigenvalue weighted by Crippen LogP contribution is -2.41. The fourth-order valence-electron chi connectivity index (χ4n) is 2.20. The maximum absolute atomic E-state index is 11.8. The van der Waals surface area contributed by atoms with Crippen LogP contribution in [-0.2, 0) is 11.2 Å². The van der Waals surface area contributed by atoms with Gasteiger partial charge in [-0.2, -0.15) is 0 Å². The molecule has 0 unspecified atom stereocenters. The minimum atomic E-state index is -0.408. The van der Waals surface area contributed by atoms with Crippen molar-refractivity contribution in [2.45, 2.75) is 25.0 Å². The van der Waals surface area contributed by atoms with Crippen LogP contribution in [-0.4, -0.2) is 43.4 Å². The molecule has 1 aliphatic rings. The molecule has 104 valence electrons. The van der Waals surface area contributed by atoms with Crippen molar-refractivity contribution in [2.24, 2.45) is 0 Å². The standard InChI is InChI=1S/C14H20N2O3/c1-19-12-4-2-3-10(7-12)5-6-15-14(18)13-8-11(17)9-16-13/h2-4,7,11,13,16-17H,5-6,8-9H2,1H3,(H,15,18)/t11-,13-/m1/s1. The summed E-state index contributed by atoms with van der Waals surface area (Å²) in [5, 5.41) is 15.2. The van der Waals surface area contributed by atoms with Crippen molar-refractivity contribution in [1.82, 2.24) is 10.6 Å². The number of benzene rings is 1. The number of β-amino-alcohol motifs (C(OH)–C–C–N with tert-alkyl or cyclic N) is 1. The molecule has 2 atom stereocenters. The van der Waals surface area contributed by atoms with E-state index in [-0.39, 0.29) is 11.9 Å². The number of aliphatic hydroxyl groups excluding tert-OH is 1. The van der Waals surface area contributed by atoms with Crippen LogP contribution in [0.25, 0.3) is 0 Å². The highest BCUT2D eigenvalue weighted by Crippen LogP contribution is 2.12. The number of rotatable bonds is 5. The minimum absolute atomic E-state index is 0.0422. The van der Waals surface area contributed by atoms with Gasteiger partial charge in [0.25, 0.3) is 0 Å². The molecule has 5 nitrogen and oxygen atoms in total. The van der Waals surface area contributed by atoms with Gasteiger partial charge in [0, 0.05) is 13.1 Å². The van der Waals surface area contributed by atoms with E-state index >= 15 is 0 Å². The Kier molecular flexibility index (Phi) is 4.76. The Labute approximate surface area is 113 Å².